The zero-order valence-electron chi connectivity index (χ0n) is 19.2. The number of ether oxygens (including phenoxy) is 2. The van der Waals surface area contributed by atoms with E-state index < -0.39 is 20.6 Å². The first-order chi connectivity index (χ1) is 15.2. The monoisotopic (exact) mass is 463 g/mol. The maximum atomic E-state index is 13.6. The Labute approximate surface area is 190 Å². The first-order valence-corrected chi connectivity index (χ1v) is 12.6. The molecule has 3 rings (SSSR count). The van der Waals surface area contributed by atoms with Gasteiger partial charge in [-0.2, -0.15) is 0 Å². The van der Waals surface area contributed by atoms with Crippen molar-refractivity contribution >= 4 is 15.8 Å². The summed E-state index contributed by atoms with van der Waals surface area (Å²) in [4.78, 5) is 13.0. The van der Waals surface area contributed by atoms with Gasteiger partial charge >= 0.3 is 5.97 Å². The Kier molecular flexibility index (Phi) is 7.67. The molecule has 0 saturated carbocycles. The molecule has 3 atom stereocenters. The first-order valence-electron chi connectivity index (χ1n) is 11.1. The summed E-state index contributed by atoms with van der Waals surface area (Å²) < 4.78 is 42.1. The van der Waals surface area contributed by atoms with Gasteiger partial charge in [-0.1, -0.05) is 24.6 Å². The predicted octanol–water partition coefficient (Wildman–Crippen LogP) is 3.84. The van der Waals surface area contributed by atoms with E-state index >= 15 is 0 Å². The SMILES string of the molecule is CCOC(=O)C(C)(Cc1ccccc1OC(C)C1CCCCN1)S(=O)(=O)c1ccoc1C. The molecule has 0 radical (unpaired) electrons. The lowest BCUT2D eigenvalue weighted by Gasteiger charge is -2.31. The number of nitrogens with one attached hydrogen (secondary N) is 1. The minimum Gasteiger partial charge on any atom is -0.489 e. The number of hydrogen-bond acceptors (Lipinski definition) is 7. The molecule has 0 amide bonds. The van der Waals surface area contributed by atoms with Crippen LogP contribution in [0.1, 0.15) is 51.4 Å². The van der Waals surface area contributed by atoms with Crippen molar-refractivity contribution in [2.24, 2.45) is 0 Å². The molecule has 1 saturated heterocycles. The highest BCUT2D eigenvalue weighted by Gasteiger charge is 2.50. The van der Waals surface area contributed by atoms with Crippen LogP contribution in [0.3, 0.4) is 0 Å². The highest BCUT2D eigenvalue weighted by molar-refractivity contribution is 7.93. The Morgan fingerprint density at radius 3 is 2.66 bits per heavy atom. The molecule has 2 aromatic rings. The maximum absolute atomic E-state index is 13.6. The van der Waals surface area contributed by atoms with Crippen molar-refractivity contribution in [1.82, 2.24) is 5.32 Å². The van der Waals surface area contributed by atoms with Gasteiger partial charge in [0.2, 0.25) is 0 Å². The predicted molar refractivity (Wildman–Crippen MR) is 122 cm³/mol. The zero-order valence-corrected chi connectivity index (χ0v) is 20.0. The maximum Gasteiger partial charge on any atom is 0.327 e. The number of aryl methyl sites for hydroxylation is 1. The van der Waals surface area contributed by atoms with Gasteiger partial charge in [-0.15, -0.1) is 0 Å². The normalized spacial score (nSPS) is 19.7. The second-order valence-corrected chi connectivity index (χ2v) is 10.8. The average Bonchev–Trinajstić information content (AvgIpc) is 3.22. The van der Waals surface area contributed by atoms with E-state index in [9.17, 15) is 13.2 Å². The topological polar surface area (TPSA) is 94.8 Å². The molecular weight excluding hydrogens is 430 g/mol. The van der Waals surface area contributed by atoms with E-state index in [4.69, 9.17) is 13.9 Å². The van der Waals surface area contributed by atoms with Gasteiger partial charge in [-0.3, -0.25) is 4.79 Å². The molecule has 2 heterocycles. The number of rotatable bonds is 9. The van der Waals surface area contributed by atoms with E-state index in [-0.39, 0.29) is 35.8 Å². The lowest BCUT2D eigenvalue weighted by Crippen LogP contribution is -2.47. The summed E-state index contributed by atoms with van der Waals surface area (Å²) >= 11 is 0. The minimum absolute atomic E-state index is 0.00812. The number of carbonyl (C=O) groups is 1. The molecule has 3 unspecified atom stereocenters. The van der Waals surface area contributed by atoms with Gasteiger partial charge in [0.25, 0.3) is 0 Å². The highest BCUT2D eigenvalue weighted by atomic mass is 32.2. The van der Waals surface area contributed by atoms with Gasteiger partial charge in [0.05, 0.1) is 12.9 Å². The van der Waals surface area contributed by atoms with Crippen molar-refractivity contribution in [2.45, 2.75) is 75.2 Å². The third-order valence-corrected chi connectivity index (χ3v) is 8.63. The molecular formula is C24H33NO6S. The summed E-state index contributed by atoms with van der Waals surface area (Å²) in [5.41, 5.74) is 0.635. The lowest BCUT2D eigenvalue weighted by molar-refractivity contribution is -0.145. The Bertz CT molecular complexity index is 1020. The van der Waals surface area contributed by atoms with Gasteiger partial charge in [0.1, 0.15) is 22.5 Å². The zero-order chi connectivity index (χ0) is 23.4. The summed E-state index contributed by atoms with van der Waals surface area (Å²) in [7, 11) is -4.11. The van der Waals surface area contributed by atoms with Crippen LogP contribution in [-0.2, 0) is 25.8 Å². The summed E-state index contributed by atoms with van der Waals surface area (Å²) in [6, 6.07) is 8.87. The summed E-state index contributed by atoms with van der Waals surface area (Å²) in [6.45, 7) is 7.68. The third-order valence-electron chi connectivity index (χ3n) is 6.13. The summed E-state index contributed by atoms with van der Waals surface area (Å²) in [6.07, 6.45) is 4.46. The van der Waals surface area contributed by atoms with Crippen molar-refractivity contribution in [3.63, 3.8) is 0 Å². The lowest BCUT2D eigenvalue weighted by atomic mass is 9.98. The Morgan fingerprint density at radius 1 is 1.28 bits per heavy atom. The Morgan fingerprint density at radius 2 is 2.03 bits per heavy atom. The van der Waals surface area contributed by atoms with Crippen molar-refractivity contribution in [3.8, 4) is 5.75 Å². The first kappa shape index (κ1) is 24.3. The van der Waals surface area contributed by atoms with Crippen LogP contribution in [0.25, 0.3) is 0 Å². The minimum atomic E-state index is -4.11. The van der Waals surface area contributed by atoms with Crippen molar-refractivity contribution in [2.75, 3.05) is 13.2 Å². The van der Waals surface area contributed by atoms with Crippen molar-refractivity contribution < 1.29 is 27.1 Å². The van der Waals surface area contributed by atoms with Gasteiger partial charge in [-0.25, -0.2) is 8.42 Å². The second-order valence-electron chi connectivity index (χ2n) is 8.46. The van der Waals surface area contributed by atoms with E-state index in [1.165, 1.54) is 19.3 Å². The van der Waals surface area contributed by atoms with Crippen LogP contribution in [-0.4, -0.2) is 44.4 Å². The smallest absolute Gasteiger partial charge is 0.327 e. The number of sulfone groups is 1. The van der Waals surface area contributed by atoms with Gasteiger partial charge < -0.3 is 19.2 Å². The summed E-state index contributed by atoms with van der Waals surface area (Å²) in [5, 5.41) is 3.49. The number of piperidine rings is 1. The third kappa shape index (κ3) is 4.86. The number of hydrogen-bond donors (Lipinski definition) is 1. The quantitative estimate of drug-likeness (QED) is 0.565. The highest BCUT2D eigenvalue weighted by Crippen LogP contribution is 2.35. The second kappa shape index (κ2) is 10.1. The van der Waals surface area contributed by atoms with Crippen molar-refractivity contribution in [1.29, 1.82) is 0 Å². The molecule has 1 fully saturated rings. The molecule has 1 N–H and O–H groups in total. The molecule has 1 aliphatic rings. The van der Waals surface area contributed by atoms with Gasteiger partial charge in [0.15, 0.2) is 14.6 Å². The Balaban J connectivity index is 1.95. The van der Waals surface area contributed by atoms with Gasteiger partial charge in [-0.05, 0) is 64.8 Å². The molecule has 32 heavy (non-hydrogen) atoms. The standard InChI is InChI=1S/C24H33NO6S/c1-5-29-23(26)24(4,32(27,28)22-13-15-30-18(22)3)16-19-10-6-7-12-21(19)31-17(2)20-11-8-9-14-25-20/h6-7,10,12-13,15,17,20,25H,5,8-9,11,14,16H2,1-4H3. The fourth-order valence-corrected chi connectivity index (χ4v) is 5.92. The van der Waals surface area contributed by atoms with Crippen LogP contribution in [0.15, 0.2) is 45.9 Å². The average molecular weight is 464 g/mol. The van der Waals surface area contributed by atoms with E-state index in [1.807, 2.05) is 25.1 Å². The van der Waals surface area contributed by atoms with E-state index in [0.29, 0.717) is 11.3 Å². The molecule has 1 aromatic carbocycles. The molecule has 8 heteroatoms. The fourth-order valence-electron chi connectivity index (χ4n) is 4.15. The fraction of sp³-hybridized carbons (Fsp3) is 0.542. The molecule has 0 bridgehead atoms. The molecule has 1 aromatic heterocycles. The van der Waals surface area contributed by atoms with Gasteiger partial charge in [0, 0.05) is 12.5 Å². The van der Waals surface area contributed by atoms with Crippen LogP contribution in [0.2, 0.25) is 0 Å². The number of para-hydroxylation sites is 1. The number of benzene rings is 1. The van der Waals surface area contributed by atoms with Crippen LogP contribution in [0.5, 0.6) is 5.75 Å². The number of furan rings is 1. The van der Waals surface area contributed by atoms with Crippen LogP contribution in [0.4, 0.5) is 0 Å². The molecule has 1 aliphatic heterocycles. The van der Waals surface area contributed by atoms with Crippen molar-refractivity contribution in [3.05, 3.63) is 47.9 Å². The van der Waals surface area contributed by atoms with E-state index in [0.717, 1.165) is 25.8 Å². The number of carbonyl (C=O) groups excluding carboxylic acids is 1. The molecule has 176 valence electrons. The van der Waals surface area contributed by atoms with Crippen LogP contribution < -0.4 is 10.1 Å². The summed E-state index contributed by atoms with van der Waals surface area (Å²) in [5.74, 6) is 0.0152. The van der Waals surface area contributed by atoms with E-state index in [2.05, 4.69) is 5.32 Å². The van der Waals surface area contributed by atoms with Crippen LogP contribution >= 0.6 is 0 Å². The van der Waals surface area contributed by atoms with E-state index in [1.54, 1.807) is 19.9 Å². The molecule has 0 aliphatic carbocycles. The largest absolute Gasteiger partial charge is 0.489 e. The molecule has 7 nitrogen and oxygen atoms in total. The number of esters is 1. The molecule has 0 spiro atoms. The van der Waals surface area contributed by atoms with Crippen LogP contribution in [0, 0.1) is 6.92 Å². The Hall–Kier alpha value is -2.32.